The van der Waals surface area contributed by atoms with E-state index in [4.69, 9.17) is 11.5 Å². The van der Waals surface area contributed by atoms with Crippen LogP contribution in [0.4, 0.5) is 0 Å². The quantitative estimate of drug-likeness (QED) is 0.0618. The molecule has 0 radical (unpaired) electrons. The number of carboxylic acid groups (broad SMARTS) is 1. The van der Waals surface area contributed by atoms with E-state index in [-0.39, 0.29) is 25.0 Å². The molecular weight excluding hydrogens is 538 g/mol. The van der Waals surface area contributed by atoms with Crippen LogP contribution in [0.5, 0.6) is 5.75 Å². The summed E-state index contributed by atoms with van der Waals surface area (Å²) in [5.41, 5.74) is 9.61. The van der Waals surface area contributed by atoms with E-state index in [1.54, 1.807) is 42.5 Å². The Kier molecular flexibility index (Phi) is 11.6. The summed E-state index contributed by atoms with van der Waals surface area (Å²) in [5, 5.41) is 37.7. The maximum atomic E-state index is 13.5. The number of benzene rings is 2. The van der Waals surface area contributed by atoms with Crippen molar-refractivity contribution in [1.82, 2.24) is 16.0 Å². The largest absolute Gasteiger partial charge is 0.508 e. The van der Waals surface area contributed by atoms with Gasteiger partial charge in [0.15, 0.2) is 5.96 Å². The molecule has 41 heavy (non-hydrogen) atoms. The highest BCUT2D eigenvalue weighted by Gasteiger charge is 2.42. The first-order valence-corrected chi connectivity index (χ1v) is 12.5. The van der Waals surface area contributed by atoms with Crippen molar-refractivity contribution in [3.05, 3.63) is 75.8 Å². The zero-order valence-electron chi connectivity index (χ0n) is 22.3. The number of nitrogens with two attached hydrogens (primary N) is 2. The fourth-order valence-corrected chi connectivity index (χ4v) is 3.98. The average Bonchev–Trinajstić information content (AvgIpc) is 2.88. The first-order valence-electron chi connectivity index (χ1n) is 12.5. The van der Waals surface area contributed by atoms with Crippen LogP contribution in [0.1, 0.15) is 30.9 Å². The van der Waals surface area contributed by atoms with Crippen LogP contribution in [-0.4, -0.2) is 69.1 Å². The van der Waals surface area contributed by atoms with Crippen LogP contribution in [0.25, 0.3) is 0 Å². The first-order chi connectivity index (χ1) is 19.3. The van der Waals surface area contributed by atoms with Crippen molar-refractivity contribution < 1.29 is 34.3 Å². The molecule has 3 atom stereocenters. The Morgan fingerprint density at radius 3 is 2.02 bits per heavy atom. The molecule has 0 bridgehead atoms. The number of aliphatic carboxylic acids is 1. The van der Waals surface area contributed by atoms with E-state index in [9.17, 15) is 39.5 Å². The van der Waals surface area contributed by atoms with Crippen molar-refractivity contribution in [1.29, 1.82) is 0 Å². The van der Waals surface area contributed by atoms with Crippen LogP contribution < -0.4 is 27.4 Å². The predicted octanol–water partition coefficient (Wildman–Crippen LogP) is -0.606. The number of nitrogens with one attached hydrogen (secondary N) is 3. The number of phenols is 1. The molecule has 0 aliphatic rings. The van der Waals surface area contributed by atoms with E-state index >= 15 is 0 Å². The number of guanidine groups is 1. The van der Waals surface area contributed by atoms with Crippen molar-refractivity contribution in [3.63, 3.8) is 0 Å². The van der Waals surface area contributed by atoms with Crippen molar-refractivity contribution in [2.24, 2.45) is 16.5 Å². The van der Waals surface area contributed by atoms with E-state index in [1.807, 2.05) is 0 Å². The van der Waals surface area contributed by atoms with Gasteiger partial charge < -0.3 is 37.6 Å². The minimum Gasteiger partial charge on any atom is -0.508 e. The van der Waals surface area contributed by atoms with Gasteiger partial charge in [-0.3, -0.25) is 24.5 Å². The highest BCUT2D eigenvalue weighted by atomic mass is 16.6. The van der Waals surface area contributed by atoms with Gasteiger partial charge in [-0.2, -0.15) is 0 Å². The van der Waals surface area contributed by atoms with Gasteiger partial charge in [-0.15, -0.1) is 0 Å². The summed E-state index contributed by atoms with van der Waals surface area (Å²) in [5.74, 6) is -4.60. The van der Waals surface area contributed by atoms with Crippen molar-refractivity contribution in [2.45, 2.75) is 50.4 Å². The zero-order chi connectivity index (χ0) is 30.6. The Labute approximate surface area is 235 Å². The number of nitrogens with zero attached hydrogens (tertiary/aromatic N) is 2. The van der Waals surface area contributed by atoms with Crippen LogP contribution in [0.15, 0.2) is 59.6 Å². The molecule has 0 saturated heterocycles. The molecule has 15 nitrogen and oxygen atoms in total. The van der Waals surface area contributed by atoms with Crippen LogP contribution in [0.2, 0.25) is 0 Å². The second-order valence-electron chi connectivity index (χ2n) is 9.23. The van der Waals surface area contributed by atoms with Crippen LogP contribution >= 0.6 is 0 Å². The Bertz CT molecular complexity index is 1270. The summed E-state index contributed by atoms with van der Waals surface area (Å²) < 4.78 is 0. The van der Waals surface area contributed by atoms with Crippen LogP contribution in [0.3, 0.4) is 0 Å². The molecule has 2 rings (SSSR count). The van der Waals surface area contributed by atoms with E-state index in [0.29, 0.717) is 11.1 Å². The number of hydrogen-bond acceptors (Lipinski definition) is 8. The lowest BCUT2D eigenvalue weighted by Gasteiger charge is -2.29. The molecule has 0 saturated carbocycles. The molecule has 9 N–H and O–H groups in total. The summed E-state index contributed by atoms with van der Waals surface area (Å²) in [6.07, 6.45) is -0.881. The number of hydrogen-bond donors (Lipinski definition) is 7. The van der Waals surface area contributed by atoms with Gasteiger partial charge in [0.05, 0.1) is 0 Å². The molecule has 0 aliphatic carbocycles. The van der Waals surface area contributed by atoms with Gasteiger partial charge in [-0.25, -0.2) is 9.79 Å². The van der Waals surface area contributed by atoms with Gasteiger partial charge in [0.1, 0.15) is 17.8 Å². The third-order valence-corrected chi connectivity index (χ3v) is 5.87. The first kappa shape index (κ1) is 32.0. The van der Waals surface area contributed by atoms with Gasteiger partial charge in [0, 0.05) is 37.5 Å². The van der Waals surface area contributed by atoms with Gasteiger partial charge >= 0.3 is 5.97 Å². The second-order valence-corrected chi connectivity index (χ2v) is 9.23. The van der Waals surface area contributed by atoms with Crippen LogP contribution in [0, 0.1) is 10.1 Å². The Morgan fingerprint density at radius 2 is 1.51 bits per heavy atom. The molecule has 3 amide bonds. The molecule has 0 unspecified atom stereocenters. The van der Waals surface area contributed by atoms with E-state index < -0.39 is 65.3 Å². The van der Waals surface area contributed by atoms with Crippen molar-refractivity contribution >= 4 is 29.7 Å². The highest BCUT2D eigenvalue weighted by molar-refractivity contribution is 5.95. The number of aromatic hydroxyl groups is 1. The van der Waals surface area contributed by atoms with E-state index in [0.717, 1.165) is 0 Å². The van der Waals surface area contributed by atoms with Crippen LogP contribution in [-0.2, 0) is 32.0 Å². The average molecular weight is 572 g/mol. The van der Waals surface area contributed by atoms with E-state index in [1.165, 1.54) is 19.1 Å². The van der Waals surface area contributed by atoms with Gasteiger partial charge in [0.25, 0.3) is 0 Å². The molecule has 2 aromatic carbocycles. The van der Waals surface area contributed by atoms with Gasteiger partial charge in [-0.1, -0.05) is 42.5 Å². The van der Waals surface area contributed by atoms with E-state index in [2.05, 4.69) is 20.9 Å². The predicted molar refractivity (Wildman–Crippen MR) is 147 cm³/mol. The minimum absolute atomic E-state index is 0.00905. The third kappa shape index (κ3) is 10.5. The number of carbonyl (C=O) groups is 4. The molecule has 0 heterocycles. The maximum absolute atomic E-state index is 13.5. The normalized spacial score (nSPS) is 13.5. The Hall–Kier alpha value is -5.21. The minimum atomic E-state index is -2.45. The second kappa shape index (κ2) is 14.8. The smallest absolute Gasteiger partial charge is 0.352 e. The fraction of sp³-hybridized carbons (Fsp3) is 0.346. The maximum Gasteiger partial charge on any atom is 0.352 e. The SMILES string of the molecule is CC(=O)N[C@@H](Cc1ccc(O)cc1)C(=O)N[C@H](Cc1ccccc1)C(=O)N[C@](CCC[N+](=O)[O-])(N=C(N)N)C(=O)O. The Balaban J connectivity index is 2.40. The summed E-state index contributed by atoms with van der Waals surface area (Å²) in [6.45, 7) is 0.608. The lowest BCUT2D eigenvalue weighted by atomic mass is 10.00. The zero-order valence-corrected chi connectivity index (χ0v) is 22.3. The number of phenolic OH excluding ortho intramolecular Hbond substituents is 1. The third-order valence-electron chi connectivity index (χ3n) is 5.87. The number of carbonyl (C=O) groups excluding carboxylic acids is 3. The molecule has 220 valence electrons. The summed E-state index contributed by atoms with van der Waals surface area (Å²) in [7, 11) is 0. The number of nitro groups is 1. The molecular formula is C26H33N7O8. The Morgan fingerprint density at radius 1 is 0.951 bits per heavy atom. The number of amides is 3. The molecule has 15 heteroatoms. The lowest BCUT2D eigenvalue weighted by Crippen LogP contribution is -2.61. The molecule has 0 aliphatic heterocycles. The standard InChI is InChI=1S/C26H33N7O8/c1-16(34)29-20(15-18-8-10-19(35)11-9-18)22(36)30-21(14-17-6-3-2-4-7-17)23(37)31-26(24(38)39,32-25(27)28)12-5-13-33(40)41/h2-4,6-11,20-21,35H,5,12-15H2,1H3,(H,29,34)(H,30,36)(H,31,37)(H,38,39)(H4,27,28,32)/t20-,21+,26+/m0/s1. The monoisotopic (exact) mass is 571 g/mol. The molecule has 2 aromatic rings. The lowest BCUT2D eigenvalue weighted by molar-refractivity contribution is -0.480. The van der Waals surface area contributed by atoms with Gasteiger partial charge in [-0.05, 0) is 23.3 Å². The number of rotatable bonds is 15. The molecule has 0 aromatic heterocycles. The summed E-state index contributed by atoms with van der Waals surface area (Å²) in [4.78, 5) is 64.9. The number of carboxylic acids is 1. The number of aliphatic imine (C=N–C) groups is 1. The fourth-order valence-electron chi connectivity index (χ4n) is 3.98. The molecule has 0 spiro atoms. The van der Waals surface area contributed by atoms with Gasteiger partial charge in [0.2, 0.25) is 29.9 Å². The summed E-state index contributed by atoms with van der Waals surface area (Å²) >= 11 is 0. The summed E-state index contributed by atoms with van der Waals surface area (Å²) in [6, 6.07) is 12.0. The van der Waals surface area contributed by atoms with Crippen molar-refractivity contribution in [2.75, 3.05) is 6.54 Å². The van der Waals surface area contributed by atoms with Crippen molar-refractivity contribution in [3.8, 4) is 5.75 Å². The molecule has 0 fully saturated rings. The topological polar surface area (TPSA) is 252 Å². The highest BCUT2D eigenvalue weighted by Crippen LogP contribution is 2.18.